The number of hydrogen-bond donors (Lipinski definition) is 2. The highest BCUT2D eigenvalue weighted by Crippen LogP contribution is 2.21. The van der Waals surface area contributed by atoms with E-state index in [1.54, 1.807) is 18.9 Å². The summed E-state index contributed by atoms with van der Waals surface area (Å²) in [6.45, 7) is 5.55. The maximum absolute atomic E-state index is 11.4. The predicted molar refractivity (Wildman–Crippen MR) is 71.5 cm³/mol. The van der Waals surface area contributed by atoms with Crippen LogP contribution in [0.3, 0.4) is 0 Å². The Balaban J connectivity index is 2.29. The van der Waals surface area contributed by atoms with Gasteiger partial charge in [0.05, 0.1) is 6.61 Å². The summed E-state index contributed by atoms with van der Waals surface area (Å²) in [5.41, 5.74) is 0. The maximum atomic E-state index is 11.4. The molecule has 0 radical (unpaired) electrons. The summed E-state index contributed by atoms with van der Waals surface area (Å²) in [6.07, 6.45) is 1.13. The molecule has 0 aromatic carbocycles. The van der Waals surface area contributed by atoms with Gasteiger partial charge in [0.15, 0.2) is 5.17 Å². The van der Waals surface area contributed by atoms with Crippen LogP contribution in [-0.2, 0) is 9.53 Å². The molecular formula is C11H21N3O2S. The second-order valence-electron chi connectivity index (χ2n) is 4.17. The van der Waals surface area contributed by atoms with E-state index in [0.29, 0.717) is 24.4 Å². The van der Waals surface area contributed by atoms with Crippen molar-refractivity contribution in [2.45, 2.75) is 31.6 Å². The summed E-state index contributed by atoms with van der Waals surface area (Å²) >= 11 is 1.69. The highest BCUT2D eigenvalue weighted by Gasteiger charge is 2.19. The van der Waals surface area contributed by atoms with Crippen molar-refractivity contribution < 1.29 is 9.53 Å². The second kappa shape index (κ2) is 7.55. The highest BCUT2D eigenvalue weighted by molar-refractivity contribution is 8.14. The van der Waals surface area contributed by atoms with E-state index < -0.39 is 0 Å². The average Bonchev–Trinajstić information content (AvgIpc) is 2.25. The van der Waals surface area contributed by atoms with Gasteiger partial charge in [-0.2, -0.15) is 0 Å². The molecule has 6 heteroatoms. The van der Waals surface area contributed by atoms with Gasteiger partial charge < -0.3 is 15.4 Å². The van der Waals surface area contributed by atoms with E-state index in [4.69, 9.17) is 4.74 Å². The molecule has 2 N–H and O–H groups in total. The molecule has 0 aromatic rings. The minimum Gasteiger partial charge on any atom is -0.383 e. The average molecular weight is 259 g/mol. The second-order valence-corrected chi connectivity index (χ2v) is 5.60. The third kappa shape index (κ3) is 5.93. The van der Waals surface area contributed by atoms with Crippen molar-refractivity contribution in [3.05, 3.63) is 0 Å². The monoisotopic (exact) mass is 259 g/mol. The van der Waals surface area contributed by atoms with Crippen LogP contribution in [0.2, 0.25) is 0 Å². The molecule has 1 aliphatic heterocycles. The molecule has 0 spiro atoms. The van der Waals surface area contributed by atoms with Crippen LogP contribution < -0.4 is 10.6 Å². The number of nitrogens with one attached hydrogen (secondary N) is 2. The van der Waals surface area contributed by atoms with E-state index in [1.807, 2.05) is 0 Å². The Bertz CT molecular complexity index is 272. The van der Waals surface area contributed by atoms with Crippen LogP contribution in [0, 0.1) is 0 Å². The number of ether oxygens (including phenoxy) is 1. The van der Waals surface area contributed by atoms with Gasteiger partial charge >= 0.3 is 0 Å². The van der Waals surface area contributed by atoms with Crippen molar-refractivity contribution in [3.8, 4) is 0 Å². The lowest BCUT2D eigenvalue weighted by molar-refractivity contribution is -0.119. The quantitative estimate of drug-likeness (QED) is 0.710. The minimum absolute atomic E-state index is 0.0668. The maximum Gasteiger partial charge on any atom is 0.241 e. The first-order valence-electron chi connectivity index (χ1n) is 5.85. The van der Waals surface area contributed by atoms with E-state index >= 15 is 0 Å². The van der Waals surface area contributed by atoms with Gasteiger partial charge in [-0.1, -0.05) is 18.7 Å². The first-order valence-corrected chi connectivity index (χ1v) is 6.73. The summed E-state index contributed by atoms with van der Waals surface area (Å²) in [5.74, 6) is -0.0668. The molecule has 2 unspecified atom stereocenters. The van der Waals surface area contributed by atoms with E-state index in [2.05, 4.69) is 29.5 Å². The lowest BCUT2D eigenvalue weighted by atomic mass is 10.2. The van der Waals surface area contributed by atoms with Crippen LogP contribution in [0.25, 0.3) is 0 Å². The summed E-state index contributed by atoms with van der Waals surface area (Å²) < 4.78 is 4.85. The summed E-state index contributed by atoms with van der Waals surface area (Å²) in [7, 11) is 1.61. The van der Waals surface area contributed by atoms with Gasteiger partial charge in [-0.25, -0.2) is 0 Å². The van der Waals surface area contributed by atoms with Crippen molar-refractivity contribution in [1.29, 1.82) is 0 Å². The molecule has 1 amide bonds. The van der Waals surface area contributed by atoms with E-state index in [-0.39, 0.29) is 12.5 Å². The Morgan fingerprint density at radius 1 is 1.65 bits per heavy atom. The van der Waals surface area contributed by atoms with Gasteiger partial charge in [0, 0.05) is 24.9 Å². The van der Waals surface area contributed by atoms with Crippen molar-refractivity contribution in [2.75, 3.05) is 26.8 Å². The molecule has 1 aliphatic rings. The van der Waals surface area contributed by atoms with Crippen LogP contribution in [-0.4, -0.2) is 49.2 Å². The zero-order chi connectivity index (χ0) is 12.7. The molecule has 5 nitrogen and oxygen atoms in total. The molecule has 1 fully saturated rings. The first kappa shape index (κ1) is 14.3. The SMILES string of the molecule is COCCNC(=O)CN=C1NC(C)CC(C)S1. The molecule has 1 saturated heterocycles. The third-order valence-electron chi connectivity index (χ3n) is 2.36. The van der Waals surface area contributed by atoms with Crippen LogP contribution >= 0.6 is 11.8 Å². The molecule has 0 aliphatic carbocycles. The number of rotatable bonds is 5. The Morgan fingerprint density at radius 3 is 3.06 bits per heavy atom. The van der Waals surface area contributed by atoms with Gasteiger partial charge in [-0.05, 0) is 13.3 Å². The third-order valence-corrected chi connectivity index (χ3v) is 3.43. The number of amidine groups is 1. The fourth-order valence-electron chi connectivity index (χ4n) is 1.62. The van der Waals surface area contributed by atoms with Gasteiger partial charge in [-0.15, -0.1) is 0 Å². The number of amides is 1. The van der Waals surface area contributed by atoms with E-state index in [9.17, 15) is 4.79 Å². The van der Waals surface area contributed by atoms with Gasteiger partial charge in [0.1, 0.15) is 6.54 Å². The topological polar surface area (TPSA) is 62.7 Å². The highest BCUT2D eigenvalue weighted by atomic mass is 32.2. The van der Waals surface area contributed by atoms with Crippen LogP contribution in [0.4, 0.5) is 0 Å². The number of methoxy groups -OCH3 is 1. The molecule has 1 heterocycles. The standard InChI is InChI=1S/C11H21N3O2S/c1-8-6-9(2)17-11(14-8)13-7-10(15)12-4-5-16-3/h8-9H,4-7H2,1-3H3,(H,12,15)(H,13,14). The largest absolute Gasteiger partial charge is 0.383 e. The first-order chi connectivity index (χ1) is 8.11. The number of hydrogen-bond acceptors (Lipinski definition) is 4. The Morgan fingerprint density at radius 2 is 2.41 bits per heavy atom. The molecule has 2 atom stereocenters. The number of carbonyl (C=O) groups excluding carboxylic acids is 1. The summed E-state index contributed by atoms with van der Waals surface area (Å²) in [4.78, 5) is 15.7. The molecule has 1 rings (SSSR count). The molecule has 0 bridgehead atoms. The van der Waals surface area contributed by atoms with Crippen LogP contribution in [0.1, 0.15) is 20.3 Å². The zero-order valence-corrected chi connectivity index (χ0v) is 11.5. The van der Waals surface area contributed by atoms with E-state index in [1.165, 1.54) is 0 Å². The number of thioether (sulfide) groups is 1. The van der Waals surface area contributed by atoms with Crippen molar-refractivity contribution >= 4 is 22.8 Å². The number of carbonyl (C=O) groups is 1. The number of nitrogens with zero attached hydrogens (tertiary/aromatic N) is 1. The Hall–Kier alpha value is -0.750. The molecule has 0 saturated carbocycles. The predicted octanol–water partition coefficient (Wildman–Crippen LogP) is 0.608. The van der Waals surface area contributed by atoms with Crippen molar-refractivity contribution in [2.24, 2.45) is 4.99 Å². The molecule has 98 valence electrons. The number of aliphatic imine (C=N–C) groups is 1. The molecule has 0 aromatic heterocycles. The van der Waals surface area contributed by atoms with Crippen molar-refractivity contribution in [1.82, 2.24) is 10.6 Å². The van der Waals surface area contributed by atoms with E-state index in [0.717, 1.165) is 11.6 Å². The molecular weight excluding hydrogens is 238 g/mol. The normalized spacial score (nSPS) is 26.6. The van der Waals surface area contributed by atoms with Gasteiger partial charge in [0.25, 0.3) is 0 Å². The smallest absolute Gasteiger partial charge is 0.241 e. The summed E-state index contributed by atoms with van der Waals surface area (Å²) in [6, 6.07) is 0.432. The Kier molecular flexibility index (Phi) is 6.36. The van der Waals surface area contributed by atoms with Crippen LogP contribution in [0.5, 0.6) is 0 Å². The fraction of sp³-hybridized carbons (Fsp3) is 0.818. The summed E-state index contributed by atoms with van der Waals surface area (Å²) in [5, 5.41) is 7.45. The minimum atomic E-state index is -0.0668. The lowest BCUT2D eigenvalue weighted by Gasteiger charge is -2.26. The molecule has 17 heavy (non-hydrogen) atoms. The zero-order valence-electron chi connectivity index (χ0n) is 10.7. The van der Waals surface area contributed by atoms with Crippen molar-refractivity contribution in [3.63, 3.8) is 0 Å². The van der Waals surface area contributed by atoms with Gasteiger partial charge in [-0.3, -0.25) is 9.79 Å². The van der Waals surface area contributed by atoms with Crippen LogP contribution in [0.15, 0.2) is 4.99 Å². The Labute approximate surface area is 107 Å². The fourth-order valence-corrected chi connectivity index (χ4v) is 2.79. The van der Waals surface area contributed by atoms with Gasteiger partial charge in [0.2, 0.25) is 5.91 Å². The lowest BCUT2D eigenvalue weighted by Crippen LogP contribution is -2.39.